The molecule has 31 heavy (non-hydrogen) atoms. The van der Waals surface area contributed by atoms with Crippen LogP contribution in [-0.2, 0) is 11.3 Å². The largest absolute Gasteiger partial charge is 0.459 e. The SMILES string of the molecule is CC(C)OC(=O)c1ccc(Cn2c3ccc(Br)cc3c3nc4ccccc4nc32)cc1. The molecule has 0 spiro atoms. The second kappa shape index (κ2) is 7.78. The predicted molar refractivity (Wildman–Crippen MR) is 126 cm³/mol. The third kappa shape index (κ3) is 3.68. The van der Waals surface area contributed by atoms with Gasteiger partial charge in [0.2, 0.25) is 0 Å². The number of carbonyl (C=O) groups excluding carboxylic acids is 1. The highest BCUT2D eigenvalue weighted by Crippen LogP contribution is 2.31. The van der Waals surface area contributed by atoms with Crippen LogP contribution in [0, 0.1) is 0 Å². The summed E-state index contributed by atoms with van der Waals surface area (Å²) in [5.41, 5.74) is 6.15. The summed E-state index contributed by atoms with van der Waals surface area (Å²) >= 11 is 3.58. The van der Waals surface area contributed by atoms with Crippen molar-refractivity contribution in [1.29, 1.82) is 0 Å². The van der Waals surface area contributed by atoms with Crippen LogP contribution in [0.1, 0.15) is 29.8 Å². The van der Waals surface area contributed by atoms with E-state index in [2.05, 4.69) is 32.6 Å². The molecule has 2 aromatic heterocycles. The standard InChI is InChI=1S/C25H20BrN3O2/c1-15(2)31-25(30)17-9-7-16(8-10-17)14-29-22-12-11-18(26)13-19(22)23-24(29)28-21-6-4-3-5-20(21)27-23/h3-13,15H,14H2,1-2H3. The molecule has 3 aromatic carbocycles. The van der Waals surface area contributed by atoms with Crippen molar-refractivity contribution >= 4 is 55.0 Å². The molecule has 0 saturated carbocycles. The molecule has 0 bridgehead atoms. The van der Waals surface area contributed by atoms with Crippen molar-refractivity contribution in [1.82, 2.24) is 14.5 Å². The third-order valence-corrected chi connectivity index (χ3v) is 5.68. The first-order chi connectivity index (χ1) is 15.0. The van der Waals surface area contributed by atoms with E-state index >= 15 is 0 Å². The average Bonchev–Trinajstić information content (AvgIpc) is 3.04. The van der Waals surface area contributed by atoms with E-state index in [0.29, 0.717) is 12.1 Å². The lowest BCUT2D eigenvalue weighted by atomic mass is 10.1. The lowest BCUT2D eigenvalue weighted by Crippen LogP contribution is -2.11. The molecule has 0 N–H and O–H groups in total. The number of ether oxygens (including phenoxy) is 1. The van der Waals surface area contributed by atoms with Gasteiger partial charge < -0.3 is 9.30 Å². The summed E-state index contributed by atoms with van der Waals surface area (Å²) in [7, 11) is 0. The van der Waals surface area contributed by atoms with Gasteiger partial charge in [-0.1, -0.05) is 40.2 Å². The molecule has 0 radical (unpaired) electrons. The molecular weight excluding hydrogens is 454 g/mol. The van der Waals surface area contributed by atoms with Crippen molar-refractivity contribution in [3.63, 3.8) is 0 Å². The maximum atomic E-state index is 12.1. The van der Waals surface area contributed by atoms with Crippen molar-refractivity contribution in [2.24, 2.45) is 0 Å². The van der Waals surface area contributed by atoms with Crippen molar-refractivity contribution < 1.29 is 9.53 Å². The molecule has 0 aliphatic heterocycles. The molecule has 0 atom stereocenters. The lowest BCUT2D eigenvalue weighted by molar-refractivity contribution is 0.0378. The zero-order chi connectivity index (χ0) is 21.5. The van der Waals surface area contributed by atoms with E-state index in [4.69, 9.17) is 14.7 Å². The number of hydrogen-bond donors (Lipinski definition) is 0. The highest BCUT2D eigenvalue weighted by atomic mass is 79.9. The molecule has 6 heteroatoms. The fraction of sp³-hybridized carbons (Fsp3) is 0.160. The molecule has 0 fully saturated rings. The maximum Gasteiger partial charge on any atom is 0.338 e. The summed E-state index contributed by atoms with van der Waals surface area (Å²) in [6.45, 7) is 4.31. The monoisotopic (exact) mass is 473 g/mol. The molecule has 2 heterocycles. The van der Waals surface area contributed by atoms with Gasteiger partial charge in [0, 0.05) is 16.4 Å². The van der Waals surface area contributed by atoms with Gasteiger partial charge in [0.1, 0.15) is 5.52 Å². The first-order valence-electron chi connectivity index (χ1n) is 10.1. The Hall–Kier alpha value is -3.25. The van der Waals surface area contributed by atoms with Gasteiger partial charge in [0.15, 0.2) is 5.65 Å². The molecule has 0 aliphatic carbocycles. The van der Waals surface area contributed by atoms with E-state index in [1.807, 2.05) is 68.4 Å². The number of rotatable bonds is 4. The molecule has 0 aliphatic rings. The van der Waals surface area contributed by atoms with Crippen molar-refractivity contribution in [2.75, 3.05) is 0 Å². The summed E-state index contributed by atoms with van der Waals surface area (Å²) in [4.78, 5) is 22.0. The first kappa shape index (κ1) is 19.7. The van der Waals surface area contributed by atoms with E-state index in [0.717, 1.165) is 43.1 Å². The van der Waals surface area contributed by atoms with Crippen molar-refractivity contribution in [2.45, 2.75) is 26.5 Å². The molecule has 154 valence electrons. The van der Waals surface area contributed by atoms with E-state index in [9.17, 15) is 4.79 Å². The minimum absolute atomic E-state index is 0.141. The second-order valence-electron chi connectivity index (χ2n) is 7.78. The fourth-order valence-electron chi connectivity index (χ4n) is 3.78. The van der Waals surface area contributed by atoms with Gasteiger partial charge in [0.05, 0.1) is 28.2 Å². The zero-order valence-electron chi connectivity index (χ0n) is 17.2. The number of para-hydroxylation sites is 2. The Morgan fingerprint density at radius 2 is 1.71 bits per heavy atom. The minimum Gasteiger partial charge on any atom is -0.459 e. The Balaban J connectivity index is 1.61. The Bertz CT molecular complexity index is 1440. The predicted octanol–water partition coefficient (Wildman–Crippen LogP) is 6.11. The van der Waals surface area contributed by atoms with Crippen LogP contribution in [0.15, 0.2) is 71.2 Å². The Kier molecular flexibility index (Phi) is 4.94. The number of nitrogens with zero attached hydrogens (tertiary/aromatic N) is 3. The second-order valence-corrected chi connectivity index (χ2v) is 8.70. The van der Waals surface area contributed by atoms with E-state index < -0.39 is 0 Å². The van der Waals surface area contributed by atoms with E-state index in [1.54, 1.807) is 0 Å². The van der Waals surface area contributed by atoms with E-state index in [1.165, 1.54) is 0 Å². The number of hydrogen-bond acceptors (Lipinski definition) is 4. The fourth-order valence-corrected chi connectivity index (χ4v) is 4.14. The summed E-state index contributed by atoms with van der Waals surface area (Å²) in [5, 5.41) is 1.06. The number of carbonyl (C=O) groups is 1. The summed E-state index contributed by atoms with van der Waals surface area (Å²) in [6, 6.07) is 21.7. The number of fused-ring (bicyclic) bond motifs is 4. The topological polar surface area (TPSA) is 57.0 Å². The van der Waals surface area contributed by atoms with Crippen LogP contribution < -0.4 is 0 Å². The highest BCUT2D eigenvalue weighted by molar-refractivity contribution is 9.10. The van der Waals surface area contributed by atoms with Gasteiger partial charge in [-0.2, -0.15) is 0 Å². The van der Waals surface area contributed by atoms with Gasteiger partial charge in [0.25, 0.3) is 0 Å². The average molecular weight is 474 g/mol. The van der Waals surface area contributed by atoms with Gasteiger partial charge in [-0.05, 0) is 61.9 Å². The Morgan fingerprint density at radius 3 is 2.42 bits per heavy atom. The lowest BCUT2D eigenvalue weighted by Gasteiger charge is -2.10. The molecule has 5 rings (SSSR count). The highest BCUT2D eigenvalue weighted by Gasteiger charge is 2.16. The van der Waals surface area contributed by atoms with Crippen LogP contribution >= 0.6 is 15.9 Å². The van der Waals surface area contributed by atoms with Crippen LogP contribution in [0.5, 0.6) is 0 Å². The molecule has 0 unspecified atom stereocenters. The number of halogens is 1. The minimum atomic E-state index is -0.305. The van der Waals surface area contributed by atoms with Crippen LogP contribution in [0.2, 0.25) is 0 Å². The molecule has 0 saturated heterocycles. The smallest absolute Gasteiger partial charge is 0.338 e. The van der Waals surface area contributed by atoms with Crippen molar-refractivity contribution in [3.8, 4) is 0 Å². The number of aromatic nitrogens is 3. The summed E-state index contributed by atoms with van der Waals surface area (Å²) in [5.74, 6) is -0.305. The molecule has 5 aromatic rings. The van der Waals surface area contributed by atoms with Crippen LogP contribution in [-0.4, -0.2) is 26.6 Å². The van der Waals surface area contributed by atoms with Crippen LogP contribution in [0.3, 0.4) is 0 Å². The van der Waals surface area contributed by atoms with Gasteiger partial charge >= 0.3 is 5.97 Å². The van der Waals surface area contributed by atoms with Crippen LogP contribution in [0.4, 0.5) is 0 Å². The quantitative estimate of drug-likeness (QED) is 0.295. The molecule has 0 amide bonds. The van der Waals surface area contributed by atoms with Crippen molar-refractivity contribution in [3.05, 3.63) is 82.3 Å². The van der Waals surface area contributed by atoms with Gasteiger partial charge in [-0.15, -0.1) is 0 Å². The normalized spacial score (nSPS) is 11.6. The van der Waals surface area contributed by atoms with E-state index in [-0.39, 0.29) is 12.1 Å². The maximum absolute atomic E-state index is 12.1. The third-order valence-electron chi connectivity index (χ3n) is 5.19. The van der Waals surface area contributed by atoms with Gasteiger partial charge in [-0.3, -0.25) is 0 Å². The summed E-state index contributed by atoms with van der Waals surface area (Å²) in [6.07, 6.45) is -0.141. The first-order valence-corrected chi connectivity index (χ1v) is 10.9. The van der Waals surface area contributed by atoms with Gasteiger partial charge in [-0.25, -0.2) is 14.8 Å². The van der Waals surface area contributed by atoms with Crippen LogP contribution in [0.25, 0.3) is 33.1 Å². The summed E-state index contributed by atoms with van der Waals surface area (Å²) < 4.78 is 8.46. The number of esters is 1. The Labute approximate surface area is 187 Å². The Morgan fingerprint density at radius 1 is 1.00 bits per heavy atom. The number of benzene rings is 3. The zero-order valence-corrected chi connectivity index (χ0v) is 18.8. The molecular formula is C25H20BrN3O2. The molecule has 5 nitrogen and oxygen atoms in total.